The van der Waals surface area contributed by atoms with E-state index < -0.39 is 5.82 Å². The highest BCUT2D eigenvalue weighted by molar-refractivity contribution is 5.47. The molecular weight excluding hydrogens is 185 g/mol. The third-order valence-corrected chi connectivity index (χ3v) is 1.99. The topological polar surface area (TPSA) is 44.5 Å². The maximum Gasteiger partial charge on any atom is 0.165 e. The molecular formula is C10H14FNO2. The zero-order valence-electron chi connectivity index (χ0n) is 8.50. The first-order valence-corrected chi connectivity index (χ1v) is 4.27. The van der Waals surface area contributed by atoms with Gasteiger partial charge in [-0.15, -0.1) is 0 Å². The molecule has 0 heterocycles. The Morgan fingerprint density at radius 1 is 1.29 bits per heavy atom. The molecule has 14 heavy (non-hydrogen) atoms. The predicted octanol–water partition coefficient (Wildman–Crippen LogP) is 1.86. The molecule has 1 aromatic rings. The Kier molecular flexibility index (Phi) is 3.30. The molecule has 0 unspecified atom stereocenters. The van der Waals surface area contributed by atoms with E-state index in [2.05, 4.69) is 0 Å². The summed E-state index contributed by atoms with van der Waals surface area (Å²) in [5.41, 5.74) is 6.26. The van der Waals surface area contributed by atoms with Crippen molar-refractivity contribution < 1.29 is 13.9 Å². The summed E-state index contributed by atoms with van der Waals surface area (Å²) >= 11 is 0. The SMILES string of the molecule is COc1ccc(F)c(OC)c1[C@H](C)N. The molecule has 0 saturated carbocycles. The molecule has 0 bridgehead atoms. The van der Waals surface area contributed by atoms with Gasteiger partial charge in [-0.05, 0) is 19.1 Å². The summed E-state index contributed by atoms with van der Waals surface area (Å²) in [6.45, 7) is 1.75. The Balaban J connectivity index is 3.36. The average molecular weight is 199 g/mol. The molecule has 3 nitrogen and oxygen atoms in total. The Labute approximate surface area is 82.6 Å². The number of ether oxygens (including phenoxy) is 2. The number of nitrogens with two attached hydrogens (primary N) is 1. The van der Waals surface area contributed by atoms with Gasteiger partial charge in [0.15, 0.2) is 11.6 Å². The first kappa shape index (κ1) is 10.8. The van der Waals surface area contributed by atoms with Crippen molar-refractivity contribution in [1.29, 1.82) is 0 Å². The first-order chi connectivity index (χ1) is 6.61. The van der Waals surface area contributed by atoms with Gasteiger partial charge in [-0.25, -0.2) is 4.39 Å². The lowest BCUT2D eigenvalue weighted by molar-refractivity contribution is 0.361. The molecule has 0 aliphatic rings. The van der Waals surface area contributed by atoms with Gasteiger partial charge in [0.2, 0.25) is 0 Å². The van der Waals surface area contributed by atoms with Crippen molar-refractivity contribution in [2.45, 2.75) is 13.0 Å². The van der Waals surface area contributed by atoms with Crippen molar-refractivity contribution in [3.63, 3.8) is 0 Å². The summed E-state index contributed by atoms with van der Waals surface area (Å²) in [4.78, 5) is 0. The third kappa shape index (κ3) is 1.80. The largest absolute Gasteiger partial charge is 0.496 e. The Bertz CT molecular complexity index is 326. The molecule has 78 valence electrons. The van der Waals surface area contributed by atoms with Crippen molar-refractivity contribution >= 4 is 0 Å². The predicted molar refractivity (Wildman–Crippen MR) is 52.1 cm³/mol. The third-order valence-electron chi connectivity index (χ3n) is 1.99. The number of hydrogen-bond acceptors (Lipinski definition) is 3. The number of methoxy groups -OCH3 is 2. The van der Waals surface area contributed by atoms with Crippen molar-refractivity contribution in [1.82, 2.24) is 0 Å². The quantitative estimate of drug-likeness (QED) is 0.808. The van der Waals surface area contributed by atoms with Crippen molar-refractivity contribution in [2.75, 3.05) is 14.2 Å². The molecule has 0 spiro atoms. The molecule has 1 atom stereocenters. The maximum atomic E-state index is 13.3. The van der Waals surface area contributed by atoms with E-state index in [1.807, 2.05) is 0 Å². The van der Waals surface area contributed by atoms with E-state index >= 15 is 0 Å². The zero-order chi connectivity index (χ0) is 10.7. The highest BCUT2D eigenvalue weighted by Gasteiger charge is 2.17. The molecule has 0 radical (unpaired) electrons. The van der Waals surface area contributed by atoms with Gasteiger partial charge in [0.05, 0.1) is 19.8 Å². The van der Waals surface area contributed by atoms with Crippen LogP contribution in [0.2, 0.25) is 0 Å². The van der Waals surface area contributed by atoms with Gasteiger partial charge in [-0.3, -0.25) is 0 Å². The smallest absolute Gasteiger partial charge is 0.165 e. The van der Waals surface area contributed by atoms with E-state index in [9.17, 15) is 4.39 Å². The molecule has 0 aliphatic carbocycles. The Morgan fingerprint density at radius 3 is 2.36 bits per heavy atom. The molecule has 0 amide bonds. The lowest BCUT2D eigenvalue weighted by Gasteiger charge is -2.16. The van der Waals surface area contributed by atoms with Gasteiger partial charge < -0.3 is 15.2 Å². The lowest BCUT2D eigenvalue weighted by Crippen LogP contribution is -2.10. The highest BCUT2D eigenvalue weighted by Crippen LogP contribution is 2.34. The van der Waals surface area contributed by atoms with Crippen LogP contribution < -0.4 is 15.2 Å². The van der Waals surface area contributed by atoms with E-state index in [1.54, 1.807) is 6.92 Å². The summed E-state index contributed by atoms with van der Waals surface area (Å²) in [5, 5.41) is 0. The number of rotatable bonds is 3. The summed E-state index contributed by atoms with van der Waals surface area (Å²) < 4.78 is 23.3. The van der Waals surface area contributed by atoms with Crippen LogP contribution in [0.3, 0.4) is 0 Å². The summed E-state index contributed by atoms with van der Waals surface area (Å²) in [5.74, 6) is 0.262. The fraction of sp³-hybridized carbons (Fsp3) is 0.400. The minimum Gasteiger partial charge on any atom is -0.496 e. The molecule has 4 heteroatoms. The van der Waals surface area contributed by atoms with Crippen LogP contribution in [0.15, 0.2) is 12.1 Å². The van der Waals surface area contributed by atoms with Crippen LogP contribution in [0.25, 0.3) is 0 Å². The second-order valence-corrected chi connectivity index (χ2v) is 2.99. The Morgan fingerprint density at radius 2 is 1.93 bits per heavy atom. The number of benzene rings is 1. The summed E-state index contributed by atoms with van der Waals surface area (Å²) in [6.07, 6.45) is 0. The van der Waals surface area contributed by atoms with E-state index in [-0.39, 0.29) is 11.8 Å². The minimum atomic E-state index is -0.430. The fourth-order valence-electron chi connectivity index (χ4n) is 1.37. The van der Waals surface area contributed by atoms with E-state index in [0.29, 0.717) is 11.3 Å². The molecule has 1 aromatic carbocycles. The van der Waals surface area contributed by atoms with E-state index in [4.69, 9.17) is 15.2 Å². The molecule has 0 saturated heterocycles. The second kappa shape index (κ2) is 4.28. The molecule has 1 rings (SSSR count). The van der Waals surface area contributed by atoms with Gasteiger partial charge in [0.25, 0.3) is 0 Å². The maximum absolute atomic E-state index is 13.3. The number of hydrogen-bond donors (Lipinski definition) is 1. The van der Waals surface area contributed by atoms with Crippen LogP contribution in [0.5, 0.6) is 11.5 Å². The zero-order valence-corrected chi connectivity index (χ0v) is 8.50. The Hall–Kier alpha value is -1.29. The highest BCUT2D eigenvalue weighted by atomic mass is 19.1. The molecule has 2 N–H and O–H groups in total. The van der Waals surface area contributed by atoms with Crippen LogP contribution in [0.4, 0.5) is 4.39 Å². The monoisotopic (exact) mass is 199 g/mol. The van der Waals surface area contributed by atoms with Gasteiger partial charge >= 0.3 is 0 Å². The van der Waals surface area contributed by atoms with E-state index in [1.165, 1.54) is 26.4 Å². The van der Waals surface area contributed by atoms with Crippen molar-refractivity contribution in [3.05, 3.63) is 23.5 Å². The fourth-order valence-corrected chi connectivity index (χ4v) is 1.37. The average Bonchev–Trinajstić information content (AvgIpc) is 2.17. The van der Waals surface area contributed by atoms with Gasteiger partial charge in [0, 0.05) is 6.04 Å². The van der Waals surface area contributed by atoms with Crippen LogP contribution in [-0.2, 0) is 0 Å². The number of halogens is 1. The van der Waals surface area contributed by atoms with Crippen molar-refractivity contribution in [3.8, 4) is 11.5 Å². The van der Waals surface area contributed by atoms with Crippen LogP contribution in [0, 0.1) is 5.82 Å². The molecule has 0 aliphatic heterocycles. The van der Waals surface area contributed by atoms with Gasteiger partial charge in [-0.1, -0.05) is 0 Å². The first-order valence-electron chi connectivity index (χ1n) is 4.27. The lowest BCUT2D eigenvalue weighted by atomic mass is 10.1. The van der Waals surface area contributed by atoms with E-state index in [0.717, 1.165) is 0 Å². The minimum absolute atomic E-state index is 0.152. The van der Waals surface area contributed by atoms with Gasteiger partial charge in [-0.2, -0.15) is 0 Å². The normalized spacial score (nSPS) is 12.4. The van der Waals surface area contributed by atoms with Crippen molar-refractivity contribution in [2.24, 2.45) is 5.73 Å². The van der Waals surface area contributed by atoms with Gasteiger partial charge in [0.1, 0.15) is 5.75 Å². The summed E-state index contributed by atoms with van der Waals surface area (Å²) in [7, 11) is 2.92. The van der Waals surface area contributed by atoms with Crippen LogP contribution in [0.1, 0.15) is 18.5 Å². The molecule has 0 fully saturated rings. The van der Waals surface area contributed by atoms with Crippen LogP contribution >= 0.6 is 0 Å². The second-order valence-electron chi connectivity index (χ2n) is 2.99. The standard InChI is InChI=1S/C10H14FNO2/c1-6(12)9-8(13-2)5-4-7(11)10(9)14-3/h4-6H,12H2,1-3H3/t6-/m0/s1. The van der Waals surface area contributed by atoms with Crippen LogP contribution in [-0.4, -0.2) is 14.2 Å². The summed E-state index contributed by atoms with van der Waals surface area (Å²) in [6, 6.07) is 2.50. The molecule has 0 aromatic heterocycles.